The SMILES string of the molecule is C=C(C)C(=O)OC(CCCCCCC)S(=O)(=O)O. The Morgan fingerprint density at radius 3 is 2.28 bits per heavy atom. The molecule has 1 atom stereocenters. The molecule has 0 bridgehead atoms. The van der Waals surface area contributed by atoms with Crippen molar-refractivity contribution in [2.24, 2.45) is 0 Å². The van der Waals surface area contributed by atoms with Crippen molar-refractivity contribution in [1.82, 2.24) is 0 Å². The van der Waals surface area contributed by atoms with Crippen LogP contribution in [0.3, 0.4) is 0 Å². The maximum absolute atomic E-state index is 11.2. The molecule has 0 aliphatic heterocycles. The van der Waals surface area contributed by atoms with E-state index in [1.807, 2.05) is 0 Å². The Balaban J connectivity index is 4.27. The van der Waals surface area contributed by atoms with Gasteiger partial charge in [0.2, 0.25) is 5.44 Å². The van der Waals surface area contributed by atoms with Gasteiger partial charge in [-0.15, -0.1) is 0 Å². The quantitative estimate of drug-likeness (QED) is 0.303. The molecule has 6 heteroatoms. The van der Waals surface area contributed by atoms with E-state index in [-0.39, 0.29) is 12.0 Å². The number of esters is 1. The second-order valence-electron chi connectivity index (χ2n) is 4.33. The van der Waals surface area contributed by atoms with Crippen molar-refractivity contribution in [2.45, 2.75) is 57.8 Å². The van der Waals surface area contributed by atoms with E-state index < -0.39 is 21.5 Å². The van der Waals surface area contributed by atoms with Gasteiger partial charge in [0.05, 0.1) is 0 Å². The Hall–Kier alpha value is -0.880. The van der Waals surface area contributed by atoms with Crippen molar-refractivity contribution in [3.05, 3.63) is 12.2 Å². The van der Waals surface area contributed by atoms with Gasteiger partial charge in [-0.1, -0.05) is 39.2 Å². The largest absolute Gasteiger partial charge is 0.440 e. The highest BCUT2D eigenvalue weighted by molar-refractivity contribution is 7.86. The Labute approximate surface area is 109 Å². The number of carbonyl (C=O) groups excluding carboxylic acids is 1. The van der Waals surface area contributed by atoms with Crippen molar-refractivity contribution in [1.29, 1.82) is 0 Å². The average Bonchev–Trinajstić information content (AvgIpc) is 2.25. The van der Waals surface area contributed by atoms with E-state index in [9.17, 15) is 13.2 Å². The van der Waals surface area contributed by atoms with Gasteiger partial charge in [-0.2, -0.15) is 8.42 Å². The molecule has 0 spiro atoms. The molecule has 0 heterocycles. The Morgan fingerprint density at radius 2 is 1.83 bits per heavy atom. The molecule has 0 saturated heterocycles. The van der Waals surface area contributed by atoms with E-state index in [0.717, 1.165) is 25.7 Å². The van der Waals surface area contributed by atoms with Gasteiger partial charge in [-0.25, -0.2) is 4.79 Å². The zero-order valence-electron chi connectivity index (χ0n) is 11.0. The predicted molar refractivity (Wildman–Crippen MR) is 69.6 cm³/mol. The maximum atomic E-state index is 11.2. The zero-order valence-corrected chi connectivity index (χ0v) is 11.8. The Kier molecular flexibility index (Phi) is 7.86. The summed E-state index contributed by atoms with van der Waals surface area (Å²) < 4.78 is 35.8. The molecule has 0 amide bonds. The average molecular weight is 278 g/mol. The van der Waals surface area contributed by atoms with E-state index >= 15 is 0 Å². The maximum Gasteiger partial charge on any atom is 0.334 e. The molecule has 0 radical (unpaired) electrons. The number of carbonyl (C=O) groups is 1. The molecule has 0 fully saturated rings. The van der Waals surface area contributed by atoms with Crippen molar-refractivity contribution in [3.8, 4) is 0 Å². The summed E-state index contributed by atoms with van der Waals surface area (Å²) in [5, 5.41) is 0. The first-order valence-corrected chi connectivity index (χ1v) is 7.62. The third-order valence-corrected chi connectivity index (χ3v) is 3.46. The fourth-order valence-electron chi connectivity index (χ4n) is 1.40. The fraction of sp³-hybridized carbons (Fsp3) is 0.750. The lowest BCUT2D eigenvalue weighted by Crippen LogP contribution is -2.27. The summed E-state index contributed by atoms with van der Waals surface area (Å²) in [7, 11) is -4.37. The van der Waals surface area contributed by atoms with Crippen molar-refractivity contribution in [3.63, 3.8) is 0 Å². The van der Waals surface area contributed by atoms with E-state index in [1.54, 1.807) is 0 Å². The minimum atomic E-state index is -4.37. The van der Waals surface area contributed by atoms with Gasteiger partial charge in [-0.05, 0) is 13.3 Å². The molecule has 18 heavy (non-hydrogen) atoms. The zero-order chi connectivity index (χ0) is 14.2. The number of unbranched alkanes of at least 4 members (excludes halogenated alkanes) is 4. The van der Waals surface area contributed by atoms with E-state index in [4.69, 9.17) is 9.29 Å². The van der Waals surface area contributed by atoms with Crippen molar-refractivity contribution >= 4 is 16.1 Å². The molecule has 0 aromatic rings. The minimum Gasteiger partial charge on any atom is -0.440 e. The smallest absolute Gasteiger partial charge is 0.334 e. The van der Waals surface area contributed by atoms with Crippen LogP contribution in [-0.4, -0.2) is 24.4 Å². The van der Waals surface area contributed by atoms with Crippen molar-refractivity contribution in [2.75, 3.05) is 0 Å². The molecule has 106 valence electrons. The lowest BCUT2D eigenvalue weighted by Gasteiger charge is -2.14. The van der Waals surface area contributed by atoms with Crippen LogP contribution in [0.15, 0.2) is 12.2 Å². The second-order valence-corrected chi connectivity index (χ2v) is 5.89. The van der Waals surface area contributed by atoms with Crippen LogP contribution >= 0.6 is 0 Å². The van der Waals surface area contributed by atoms with Crippen LogP contribution < -0.4 is 0 Å². The summed E-state index contributed by atoms with van der Waals surface area (Å²) in [6.45, 7) is 6.86. The van der Waals surface area contributed by atoms with Gasteiger partial charge in [-0.3, -0.25) is 4.55 Å². The molecule has 0 rings (SSSR count). The first-order valence-electron chi connectivity index (χ1n) is 6.11. The third kappa shape index (κ3) is 7.45. The molecule has 0 aromatic carbocycles. The van der Waals surface area contributed by atoms with E-state index in [0.29, 0.717) is 6.42 Å². The van der Waals surface area contributed by atoms with E-state index in [2.05, 4.69) is 13.5 Å². The lowest BCUT2D eigenvalue weighted by atomic mass is 10.1. The van der Waals surface area contributed by atoms with Gasteiger partial charge in [0.1, 0.15) is 0 Å². The first-order chi connectivity index (χ1) is 8.29. The van der Waals surface area contributed by atoms with Gasteiger partial charge < -0.3 is 4.74 Å². The summed E-state index contributed by atoms with van der Waals surface area (Å²) in [5.41, 5.74) is -1.38. The van der Waals surface area contributed by atoms with Crippen LogP contribution in [0.5, 0.6) is 0 Å². The van der Waals surface area contributed by atoms with Gasteiger partial charge >= 0.3 is 16.1 Å². The highest BCUT2D eigenvalue weighted by Crippen LogP contribution is 2.14. The molecular formula is C12H22O5S. The summed E-state index contributed by atoms with van der Waals surface area (Å²) in [5.74, 6) is -0.800. The summed E-state index contributed by atoms with van der Waals surface area (Å²) >= 11 is 0. The highest BCUT2D eigenvalue weighted by Gasteiger charge is 2.26. The predicted octanol–water partition coefficient (Wildman–Crippen LogP) is 2.68. The normalized spacial score (nSPS) is 13.1. The summed E-state index contributed by atoms with van der Waals surface area (Å²) in [4.78, 5) is 11.2. The minimum absolute atomic E-state index is 0.106. The topological polar surface area (TPSA) is 80.7 Å². The van der Waals surface area contributed by atoms with Crippen LogP contribution in [0.4, 0.5) is 0 Å². The molecule has 0 aliphatic rings. The number of ether oxygens (including phenoxy) is 1. The monoisotopic (exact) mass is 278 g/mol. The highest BCUT2D eigenvalue weighted by atomic mass is 32.2. The van der Waals surface area contributed by atoms with Crippen LogP contribution in [0.25, 0.3) is 0 Å². The molecular weight excluding hydrogens is 256 g/mol. The second kappa shape index (κ2) is 8.26. The molecule has 0 saturated carbocycles. The van der Waals surface area contributed by atoms with Crippen LogP contribution in [-0.2, 0) is 19.6 Å². The summed E-state index contributed by atoms with van der Waals surface area (Å²) in [6.07, 6.45) is 4.73. The lowest BCUT2D eigenvalue weighted by molar-refractivity contribution is -0.141. The Bertz CT molecular complexity index is 372. The number of hydrogen-bond donors (Lipinski definition) is 1. The summed E-state index contributed by atoms with van der Waals surface area (Å²) in [6, 6.07) is 0. The molecule has 0 aromatic heterocycles. The van der Waals surface area contributed by atoms with Crippen LogP contribution in [0.2, 0.25) is 0 Å². The molecule has 1 unspecified atom stereocenters. The Morgan fingerprint density at radius 1 is 1.28 bits per heavy atom. The third-order valence-electron chi connectivity index (χ3n) is 2.46. The standard InChI is InChI=1S/C12H22O5S/c1-4-5-6-7-8-9-11(18(14,15)16)17-12(13)10(2)3/h11H,2,4-9H2,1,3H3,(H,14,15,16). The number of rotatable bonds is 9. The van der Waals surface area contributed by atoms with Gasteiger partial charge in [0, 0.05) is 12.0 Å². The van der Waals surface area contributed by atoms with Crippen LogP contribution in [0.1, 0.15) is 52.4 Å². The molecule has 5 nitrogen and oxygen atoms in total. The van der Waals surface area contributed by atoms with Crippen LogP contribution in [0, 0.1) is 0 Å². The molecule has 0 aliphatic carbocycles. The van der Waals surface area contributed by atoms with Gasteiger partial charge in [0.15, 0.2) is 0 Å². The number of hydrogen-bond acceptors (Lipinski definition) is 4. The fourth-order valence-corrected chi connectivity index (χ4v) is 2.08. The van der Waals surface area contributed by atoms with E-state index in [1.165, 1.54) is 6.92 Å². The molecule has 1 N–H and O–H groups in total. The first kappa shape index (κ1) is 17.1. The van der Waals surface area contributed by atoms with Gasteiger partial charge in [0.25, 0.3) is 0 Å². The van der Waals surface area contributed by atoms with Crippen molar-refractivity contribution < 1.29 is 22.5 Å².